The van der Waals surface area contributed by atoms with Crippen molar-refractivity contribution in [3.05, 3.63) is 18.3 Å². The molecular formula is C12H16N4O. The van der Waals surface area contributed by atoms with Crippen LogP contribution in [0.2, 0.25) is 0 Å². The van der Waals surface area contributed by atoms with Crippen LogP contribution in [0.1, 0.15) is 0 Å². The first-order valence-electron chi connectivity index (χ1n) is 5.83. The Bertz CT molecular complexity index is 528. The second kappa shape index (κ2) is 3.92. The van der Waals surface area contributed by atoms with Gasteiger partial charge in [0.2, 0.25) is 0 Å². The number of phenols is 1. The molecule has 0 atom stereocenters. The number of rotatable bonds is 1. The average Bonchev–Trinajstić information content (AvgIpc) is 2.77. The van der Waals surface area contributed by atoms with E-state index in [1.54, 1.807) is 6.07 Å². The van der Waals surface area contributed by atoms with Gasteiger partial charge in [0.25, 0.3) is 0 Å². The van der Waals surface area contributed by atoms with Crippen LogP contribution >= 0.6 is 0 Å². The van der Waals surface area contributed by atoms with Gasteiger partial charge in [0, 0.05) is 43.7 Å². The normalized spacial score (nSPS) is 17.8. The molecule has 3 rings (SSSR count). The summed E-state index contributed by atoms with van der Waals surface area (Å²) < 4.78 is 0. The minimum absolute atomic E-state index is 0.288. The minimum Gasteiger partial charge on any atom is -0.508 e. The molecule has 0 amide bonds. The molecule has 1 saturated heterocycles. The Morgan fingerprint density at radius 3 is 2.76 bits per heavy atom. The molecule has 2 N–H and O–H groups in total. The van der Waals surface area contributed by atoms with E-state index in [1.807, 2.05) is 12.3 Å². The molecule has 17 heavy (non-hydrogen) atoms. The molecule has 1 aliphatic rings. The average molecular weight is 232 g/mol. The number of benzene rings is 1. The number of hydrogen-bond donors (Lipinski definition) is 2. The van der Waals surface area contributed by atoms with Gasteiger partial charge in [0.15, 0.2) is 0 Å². The Balaban J connectivity index is 2.01. The molecule has 1 aromatic carbocycles. The number of aromatic hydroxyl groups is 1. The van der Waals surface area contributed by atoms with Crippen LogP contribution in [-0.2, 0) is 0 Å². The molecule has 90 valence electrons. The number of aromatic nitrogens is 2. The van der Waals surface area contributed by atoms with E-state index in [0.717, 1.165) is 42.8 Å². The molecule has 2 aromatic rings. The lowest BCUT2D eigenvalue weighted by atomic mass is 10.1. The van der Waals surface area contributed by atoms with Crippen LogP contribution in [0.15, 0.2) is 18.3 Å². The number of piperazine rings is 1. The SMILES string of the molecule is CN1CCN(c2cc(O)cc3[nH]ncc23)CC1. The van der Waals surface area contributed by atoms with E-state index < -0.39 is 0 Å². The van der Waals surface area contributed by atoms with E-state index in [9.17, 15) is 5.11 Å². The van der Waals surface area contributed by atoms with E-state index in [-0.39, 0.29) is 5.75 Å². The Morgan fingerprint density at radius 2 is 2.00 bits per heavy atom. The Hall–Kier alpha value is -1.75. The third-order valence-corrected chi connectivity index (χ3v) is 3.37. The summed E-state index contributed by atoms with van der Waals surface area (Å²) in [6.45, 7) is 4.07. The molecule has 1 aliphatic heterocycles. The zero-order chi connectivity index (χ0) is 11.8. The van der Waals surface area contributed by atoms with Crippen molar-refractivity contribution in [1.29, 1.82) is 0 Å². The largest absolute Gasteiger partial charge is 0.508 e. The van der Waals surface area contributed by atoms with Gasteiger partial charge in [-0.2, -0.15) is 5.10 Å². The van der Waals surface area contributed by atoms with Crippen LogP contribution in [0.5, 0.6) is 5.75 Å². The summed E-state index contributed by atoms with van der Waals surface area (Å²) in [5.74, 6) is 0.288. The highest BCUT2D eigenvalue weighted by Gasteiger charge is 2.17. The van der Waals surface area contributed by atoms with Crippen molar-refractivity contribution in [2.75, 3.05) is 38.1 Å². The highest BCUT2D eigenvalue weighted by molar-refractivity contribution is 5.92. The molecule has 0 spiro atoms. The van der Waals surface area contributed by atoms with E-state index in [4.69, 9.17) is 0 Å². The fraction of sp³-hybridized carbons (Fsp3) is 0.417. The summed E-state index contributed by atoms with van der Waals surface area (Å²) in [7, 11) is 2.13. The maximum Gasteiger partial charge on any atom is 0.119 e. The van der Waals surface area contributed by atoms with Gasteiger partial charge < -0.3 is 14.9 Å². The number of likely N-dealkylation sites (N-methyl/N-ethyl adjacent to an activating group) is 1. The van der Waals surface area contributed by atoms with Crippen LogP contribution in [0.3, 0.4) is 0 Å². The molecule has 5 nitrogen and oxygen atoms in total. The number of nitrogens with one attached hydrogen (secondary N) is 1. The third-order valence-electron chi connectivity index (χ3n) is 3.37. The zero-order valence-corrected chi connectivity index (χ0v) is 9.85. The van der Waals surface area contributed by atoms with Crippen LogP contribution in [-0.4, -0.2) is 53.4 Å². The van der Waals surface area contributed by atoms with Gasteiger partial charge in [-0.15, -0.1) is 0 Å². The predicted molar refractivity (Wildman–Crippen MR) is 67.5 cm³/mol. The van der Waals surface area contributed by atoms with Gasteiger partial charge in [-0.1, -0.05) is 0 Å². The van der Waals surface area contributed by atoms with Gasteiger partial charge in [-0.05, 0) is 7.05 Å². The van der Waals surface area contributed by atoms with E-state index in [2.05, 4.69) is 27.0 Å². The highest BCUT2D eigenvalue weighted by atomic mass is 16.3. The van der Waals surface area contributed by atoms with Crippen molar-refractivity contribution in [1.82, 2.24) is 15.1 Å². The summed E-state index contributed by atoms with van der Waals surface area (Å²) in [4.78, 5) is 4.61. The van der Waals surface area contributed by atoms with E-state index >= 15 is 0 Å². The quantitative estimate of drug-likeness (QED) is 0.771. The number of nitrogens with zero attached hydrogens (tertiary/aromatic N) is 3. The van der Waals surface area contributed by atoms with Gasteiger partial charge in [-0.25, -0.2) is 0 Å². The molecular weight excluding hydrogens is 216 g/mol. The van der Waals surface area contributed by atoms with Crippen molar-refractivity contribution in [2.45, 2.75) is 0 Å². The number of fused-ring (bicyclic) bond motifs is 1. The number of aromatic amines is 1. The van der Waals surface area contributed by atoms with E-state index in [1.165, 1.54) is 0 Å². The van der Waals surface area contributed by atoms with Crippen molar-refractivity contribution >= 4 is 16.6 Å². The lowest BCUT2D eigenvalue weighted by Crippen LogP contribution is -2.44. The molecule has 5 heteroatoms. The standard InChI is InChI=1S/C12H16N4O/c1-15-2-4-16(5-3-15)12-7-9(17)6-11-10(12)8-13-14-11/h6-8,17H,2-5H2,1H3,(H,13,14). The molecule has 1 aromatic heterocycles. The van der Waals surface area contributed by atoms with Gasteiger partial charge in [0.05, 0.1) is 17.4 Å². The summed E-state index contributed by atoms with van der Waals surface area (Å²) in [6.07, 6.45) is 1.82. The minimum atomic E-state index is 0.288. The smallest absolute Gasteiger partial charge is 0.119 e. The fourth-order valence-electron chi connectivity index (χ4n) is 2.33. The Kier molecular flexibility index (Phi) is 2.40. The Morgan fingerprint density at radius 1 is 1.24 bits per heavy atom. The molecule has 0 saturated carbocycles. The molecule has 0 unspecified atom stereocenters. The van der Waals surface area contributed by atoms with Crippen LogP contribution in [0.4, 0.5) is 5.69 Å². The maximum absolute atomic E-state index is 9.73. The summed E-state index contributed by atoms with van der Waals surface area (Å²) in [5.41, 5.74) is 1.96. The summed E-state index contributed by atoms with van der Waals surface area (Å²) in [6, 6.07) is 3.53. The molecule has 0 aliphatic carbocycles. The Labute approximate surface area is 99.6 Å². The number of H-pyrrole nitrogens is 1. The van der Waals surface area contributed by atoms with Crippen molar-refractivity contribution in [3.8, 4) is 5.75 Å². The van der Waals surface area contributed by atoms with Gasteiger partial charge in [-0.3, -0.25) is 5.10 Å². The van der Waals surface area contributed by atoms with Crippen molar-refractivity contribution in [2.24, 2.45) is 0 Å². The number of hydrogen-bond acceptors (Lipinski definition) is 4. The lowest BCUT2D eigenvalue weighted by Gasteiger charge is -2.34. The first-order chi connectivity index (χ1) is 8.24. The predicted octanol–water partition coefficient (Wildman–Crippen LogP) is 1.02. The first kappa shape index (κ1) is 10.4. The van der Waals surface area contributed by atoms with Gasteiger partial charge >= 0.3 is 0 Å². The summed E-state index contributed by atoms with van der Waals surface area (Å²) in [5, 5.41) is 17.7. The monoisotopic (exact) mass is 232 g/mol. The molecule has 0 radical (unpaired) electrons. The summed E-state index contributed by atoms with van der Waals surface area (Å²) >= 11 is 0. The molecule has 1 fully saturated rings. The third kappa shape index (κ3) is 1.82. The van der Waals surface area contributed by atoms with Crippen LogP contribution in [0.25, 0.3) is 10.9 Å². The topological polar surface area (TPSA) is 55.4 Å². The first-order valence-corrected chi connectivity index (χ1v) is 5.83. The second-order valence-corrected chi connectivity index (χ2v) is 4.59. The highest BCUT2D eigenvalue weighted by Crippen LogP contribution is 2.30. The molecule has 2 heterocycles. The van der Waals surface area contributed by atoms with Crippen LogP contribution in [0, 0.1) is 0 Å². The van der Waals surface area contributed by atoms with E-state index in [0.29, 0.717) is 0 Å². The maximum atomic E-state index is 9.73. The fourth-order valence-corrected chi connectivity index (χ4v) is 2.33. The zero-order valence-electron chi connectivity index (χ0n) is 9.85. The van der Waals surface area contributed by atoms with Crippen molar-refractivity contribution in [3.63, 3.8) is 0 Å². The number of phenolic OH excluding ortho intramolecular Hbond substituents is 1. The molecule has 0 bridgehead atoms. The second-order valence-electron chi connectivity index (χ2n) is 4.59. The van der Waals surface area contributed by atoms with Crippen LogP contribution < -0.4 is 4.90 Å². The lowest BCUT2D eigenvalue weighted by molar-refractivity contribution is 0.313. The number of anilines is 1. The van der Waals surface area contributed by atoms with Gasteiger partial charge in [0.1, 0.15) is 5.75 Å². The van der Waals surface area contributed by atoms with Crippen molar-refractivity contribution < 1.29 is 5.11 Å².